The lowest BCUT2D eigenvalue weighted by Crippen LogP contribution is -2.45. The summed E-state index contributed by atoms with van der Waals surface area (Å²) in [7, 11) is -2.15. The Morgan fingerprint density at radius 3 is 2.59 bits per heavy atom. The molecule has 29 heavy (non-hydrogen) atoms. The number of methoxy groups -OCH3 is 1. The van der Waals surface area contributed by atoms with Crippen LogP contribution in [0.25, 0.3) is 0 Å². The number of rotatable bonds is 7. The molecular weight excluding hydrogens is 412 g/mol. The van der Waals surface area contributed by atoms with E-state index in [1.807, 2.05) is 18.2 Å². The van der Waals surface area contributed by atoms with Gasteiger partial charge in [-0.25, -0.2) is 8.42 Å². The van der Waals surface area contributed by atoms with Crippen molar-refractivity contribution in [2.45, 2.75) is 43.2 Å². The Labute approximate surface area is 176 Å². The smallest absolute Gasteiger partial charge is 0.243 e. The Kier molecular flexibility index (Phi) is 7.16. The van der Waals surface area contributed by atoms with Crippen molar-refractivity contribution >= 4 is 27.5 Å². The Balaban J connectivity index is 1.68. The number of piperidine rings is 1. The summed E-state index contributed by atoms with van der Waals surface area (Å²) in [6.07, 6.45) is 2.47. The van der Waals surface area contributed by atoms with E-state index in [0.29, 0.717) is 30.3 Å². The zero-order valence-corrected chi connectivity index (χ0v) is 17.9. The fourth-order valence-corrected chi connectivity index (χ4v) is 5.39. The number of ether oxygens (including phenoxy) is 1. The van der Waals surface area contributed by atoms with Crippen molar-refractivity contribution in [1.29, 1.82) is 0 Å². The van der Waals surface area contributed by atoms with E-state index in [9.17, 15) is 13.2 Å². The van der Waals surface area contributed by atoms with E-state index in [1.54, 1.807) is 18.2 Å². The molecule has 6 nitrogen and oxygen atoms in total. The molecule has 1 amide bonds. The molecule has 1 unspecified atom stereocenters. The fraction of sp³-hybridized carbons (Fsp3) is 0.381. The summed E-state index contributed by atoms with van der Waals surface area (Å²) in [6, 6.07) is 13.3. The third-order valence-corrected chi connectivity index (χ3v) is 7.43. The highest BCUT2D eigenvalue weighted by Crippen LogP contribution is 2.28. The second-order valence-electron chi connectivity index (χ2n) is 7.01. The molecule has 8 heteroatoms. The molecule has 0 spiro atoms. The van der Waals surface area contributed by atoms with Gasteiger partial charge >= 0.3 is 0 Å². The Morgan fingerprint density at radius 2 is 1.90 bits per heavy atom. The van der Waals surface area contributed by atoms with Gasteiger partial charge in [-0.1, -0.05) is 36.2 Å². The molecule has 0 radical (unpaired) electrons. The molecule has 1 N–H and O–H groups in total. The number of halogens is 1. The molecule has 2 aromatic carbocycles. The summed E-state index contributed by atoms with van der Waals surface area (Å²) >= 11 is 6.12. The van der Waals surface area contributed by atoms with E-state index in [4.69, 9.17) is 16.3 Å². The molecule has 1 heterocycles. The van der Waals surface area contributed by atoms with Crippen molar-refractivity contribution in [3.63, 3.8) is 0 Å². The summed E-state index contributed by atoms with van der Waals surface area (Å²) in [5.74, 6) is 0.407. The Hall–Kier alpha value is -2.09. The highest BCUT2D eigenvalue weighted by atomic mass is 35.5. The molecule has 2 aromatic rings. The minimum atomic E-state index is -3.68. The van der Waals surface area contributed by atoms with Crippen LogP contribution in [0.1, 0.15) is 31.2 Å². The van der Waals surface area contributed by atoms with Crippen LogP contribution in [0.3, 0.4) is 0 Å². The van der Waals surface area contributed by atoms with Crippen molar-refractivity contribution < 1.29 is 17.9 Å². The van der Waals surface area contributed by atoms with Crippen LogP contribution in [0.4, 0.5) is 0 Å². The SMILES string of the molecule is COc1ccc(S(=O)(=O)N2CCCCC2CC(=O)NCc2ccccc2Cl)cc1. The lowest BCUT2D eigenvalue weighted by Gasteiger charge is -2.34. The Bertz CT molecular complexity index is 947. The average molecular weight is 437 g/mol. The van der Waals surface area contributed by atoms with E-state index in [0.717, 1.165) is 18.4 Å². The Morgan fingerprint density at radius 1 is 1.17 bits per heavy atom. The van der Waals surface area contributed by atoms with Gasteiger partial charge in [0, 0.05) is 30.6 Å². The average Bonchev–Trinajstić information content (AvgIpc) is 2.73. The predicted molar refractivity (Wildman–Crippen MR) is 112 cm³/mol. The lowest BCUT2D eigenvalue weighted by molar-refractivity contribution is -0.122. The van der Waals surface area contributed by atoms with Gasteiger partial charge in [0.25, 0.3) is 0 Å². The summed E-state index contributed by atoms with van der Waals surface area (Å²) in [5, 5.41) is 3.44. The highest BCUT2D eigenvalue weighted by Gasteiger charge is 2.34. The van der Waals surface area contributed by atoms with E-state index in [-0.39, 0.29) is 23.3 Å². The van der Waals surface area contributed by atoms with Crippen molar-refractivity contribution in [2.75, 3.05) is 13.7 Å². The number of hydrogen-bond donors (Lipinski definition) is 1. The van der Waals surface area contributed by atoms with Gasteiger partial charge in [0.2, 0.25) is 15.9 Å². The monoisotopic (exact) mass is 436 g/mol. The first-order valence-corrected chi connectivity index (χ1v) is 11.4. The minimum absolute atomic E-state index is 0.125. The number of amides is 1. The van der Waals surface area contributed by atoms with Crippen LogP contribution in [0, 0.1) is 0 Å². The van der Waals surface area contributed by atoms with E-state index >= 15 is 0 Å². The topological polar surface area (TPSA) is 75.7 Å². The first-order chi connectivity index (χ1) is 13.9. The van der Waals surface area contributed by atoms with Crippen LogP contribution >= 0.6 is 11.6 Å². The number of nitrogens with one attached hydrogen (secondary N) is 1. The second kappa shape index (κ2) is 9.61. The van der Waals surface area contributed by atoms with Crippen LogP contribution in [0.2, 0.25) is 5.02 Å². The fourth-order valence-electron chi connectivity index (χ4n) is 3.50. The molecule has 3 rings (SSSR count). The van der Waals surface area contributed by atoms with E-state index < -0.39 is 10.0 Å². The number of nitrogens with zero attached hydrogens (tertiary/aromatic N) is 1. The van der Waals surface area contributed by atoms with Crippen molar-refractivity contribution in [1.82, 2.24) is 9.62 Å². The third kappa shape index (κ3) is 5.29. The quantitative estimate of drug-likeness (QED) is 0.719. The molecule has 156 valence electrons. The van der Waals surface area contributed by atoms with Gasteiger partial charge in [0.1, 0.15) is 5.75 Å². The van der Waals surface area contributed by atoms with Gasteiger partial charge in [-0.3, -0.25) is 4.79 Å². The first kappa shape index (κ1) is 21.6. The lowest BCUT2D eigenvalue weighted by atomic mass is 10.0. The predicted octanol–water partition coefficient (Wildman–Crippen LogP) is 3.60. The second-order valence-corrected chi connectivity index (χ2v) is 9.31. The number of sulfonamides is 1. The molecule has 0 aromatic heterocycles. The third-order valence-electron chi connectivity index (χ3n) is 5.09. The molecule has 1 fully saturated rings. The molecular formula is C21H25ClN2O4S. The van der Waals surface area contributed by atoms with Crippen LogP contribution in [0.5, 0.6) is 5.75 Å². The number of hydrogen-bond acceptors (Lipinski definition) is 4. The van der Waals surface area contributed by atoms with Crippen LogP contribution in [0.15, 0.2) is 53.4 Å². The first-order valence-electron chi connectivity index (χ1n) is 9.58. The number of benzene rings is 2. The zero-order chi connectivity index (χ0) is 20.9. The van der Waals surface area contributed by atoms with Gasteiger partial charge in [-0.15, -0.1) is 0 Å². The van der Waals surface area contributed by atoms with Gasteiger partial charge < -0.3 is 10.1 Å². The van der Waals surface area contributed by atoms with Crippen molar-refractivity contribution in [2.24, 2.45) is 0 Å². The normalized spacial score (nSPS) is 17.7. The van der Waals surface area contributed by atoms with E-state index in [2.05, 4.69) is 5.32 Å². The van der Waals surface area contributed by atoms with Crippen molar-refractivity contribution in [3.05, 3.63) is 59.1 Å². The maximum Gasteiger partial charge on any atom is 0.243 e. The largest absolute Gasteiger partial charge is 0.497 e. The molecule has 0 aliphatic carbocycles. The highest BCUT2D eigenvalue weighted by molar-refractivity contribution is 7.89. The standard InChI is InChI=1S/C21H25ClN2O4S/c1-28-18-9-11-19(12-10-18)29(26,27)24-13-5-4-7-17(24)14-21(25)23-15-16-6-2-3-8-20(16)22/h2-3,6,8-12,17H,4-5,7,13-15H2,1H3,(H,23,25). The van der Waals surface area contributed by atoms with Crippen LogP contribution < -0.4 is 10.1 Å². The summed E-state index contributed by atoms with van der Waals surface area (Å²) in [6.45, 7) is 0.729. The van der Waals surface area contributed by atoms with Gasteiger partial charge in [-0.05, 0) is 48.7 Å². The minimum Gasteiger partial charge on any atom is -0.497 e. The number of carbonyl (C=O) groups is 1. The van der Waals surface area contributed by atoms with Gasteiger partial charge in [0.05, 0.1) is 12.0 Å². The maximum atomic E-state index is 13.1. The van der Waals surface area contributed by atoms with Crippen LogP contribution in [-0.2, 0) is 21.4 Å². The zero-order valence-electron chi connectivity index (χ0n) is 16.3. The molecule has 1 saturated heterocycles. The summed E-state index contributed by atoms with van der Waals surface area (Å²) in [5.41, 5.74) is 0.828. The van der Waals surface area contributed by atoms with Gasteiger partial charge in [0.15, 0.2) is 0 Å². The summed E-state index contributed by atoms with van der Waals surface area (Å²) < 4.78 is 32.8. The molecule has 1 aliphatic heterocycles. The van der Waals surface area contributed by atoms with Gasteiger partial charge in [-0.2, -0.15) is 4.31 Å². The maximum absolute atomic E-state index is 13.1. The van der Waals surface area contributed by atoms with E-state index in [1.165, 1.54) is 23.5 Å². The molecule has 0 saturated carbocycles. The molecule has 1 aliphatic rings. The van der Waals surface area contributed by atoms with Crippen molar-refractivity contribution in [3.8, 4) is 5.75 Å². The molecule has 1 atom stereocenters. The molecule has 0 bridgehead atoms. The number of carbonyl (C=O) groups excluding carboxylic acids is 1. The van der Waals surface area contributed by atoms with Crippen LogP contribution in [-0.4, -0.2) is 38.3 Å². The summed E-state index contributed by atoms with van der Waals surface area (Å²) in [4.78, 5) is 12.7.